The summed E-state index contributed by atoms with van der Waals surface area (Å²) in [5, 5.41) is 8.69. The number of fused-ring (bicyclic) bond motifs is 2. The second-order valence-electron chi connectivity index (χ2n) is 15.5. The average Bonchev–Trinajstić information content (AvgIpc) is 3.81. The summed E-state index contributed by atoms with van der Waals surface area (Å²) in [5.74, 6) is 0. The van der Waals surface area contributed by atoms with E-state index in [4.69, 9.17) is 21.5 Å². The van der Waals surface area contributed by atoms with Crippen molar-refractivity contribution in [2.45, 2.75) is 69.1 Å². The van der Waals surface area contributed by atoms with E-state index in [-0.39, 0.29) is 11.1 Å². The van der Waals surface area contributed by atoms with Gasteiger partial charge in [0, 0.05) is 33.3 Å². The molecular weight excluding hydrogens is 734 g/mol. The molecule has 4 heterocycles. The first-order chi connectivity index (χ1) is 28.0. The normalized spacial score (nSPS) is 15.7. The fraction of sp³-hybridized carbons (Fsp3) is 0.234. The lowest BCUT2D eigenvalue weighted by molar-refractivity contribution is -0.141. The van der Waals surface area contributed by atoms with Crippen LogP contribution in [0.4, 0.5) is 13.2 Å². The Balaban J connectivity index is 0.000000151. The van der Waals surface area contributed by atoms with Crippen LogP contribution in [-0.4, -0.2) is 29.2 Å². The lowest BCUT2D eigenvalue weighted by atomic mass is 9.72. The van der Waals surface area contributed by atoms with Crippen LogP contribution in [0.5, 0.6) is 0 Å². The third-order valence-electron chi connectivity index (χ3n) is 11.7. The summed E-state index contributed by atoms with van der Waals surface area (Å²) in [7, 11) is 0. The summed E-state index contributed by atoms with van der Waals surface area (Å²) < 4.78 is 43.1. The number of imidazole rings is 2. The molecule has 10 rings (SSSR count). The lowest BCUT2D eigenvalue weighted by Gasteiger charge is -2.38. The largest absolute Gasteiger partial charge is 0.435 e. The number of aryl methyl sites for hydroxylation is 1. The summed E-state index contributed by atoms with van der Waals surface area (Å²) in [6.45, 7) is 2.12. The summed E-state index contributed by atoms with van der Waals surface area (Å²) in [4.78, 5) is 9.54. The van der Waals surface area contributed by atoms with Crippen molar-refractivity contribution in [2.24, 2.45) is 11.5 Å². The van der Waals surface area contributed by atoms with Crippen molar-refractivity contribution in [1.29, 1.82) is 0 Å². The van der Waals surface area contributed by atoms with E-state index in [1.807, 2.05) is 65.2 Å². The van der Waals surface area contributed by atoms with Gasteiger partial charge in [0.05, 0.1) is 17.1 Å². The van der Waals surface area contributed by atoms with Gasteiger partial charge in [-0.05, 0) is 80.3 Å². The van der Waals surface area contributed by atoms with Crippen molar-refractivity contribution >= 4 is 11.3 Å². The molecule has 11 heteroatoms. The Kier molecular flexibility index (Phi) is 9.45. The molecule has 2 aliphatic carbocycles. The van der Waals surface area contributed by atoms with Crippen LogP contribution in [0.2, 0.25) is 0 Å². The zero-order valence-corrected chi connectivity index (χ0v) is 32.1. The second kappa shape index (κ2) is 14.6. The predicted molar refractivity (Wildman–Crippen MR) is 222 cm³/mol. The number of alkyl halides is 3. The predicted octanol–water partition coefficient (Wildman–Crippen LogP) is 10.4. The number of hydrogen-bond acceptors (Lipinski definition) is 6. The molecule has 2 fully saturated rings. The van der Waals surface area contributed by atoms with E-state index in [1.165, 1.54) is 22.6 Å². The van der Waals surface area contributed by atoms with Crippen LogP contribution in [-0.2, 0) is 23.7 Å². The number of nitrogens with zero attached hydrogens (tertiary/aromatic N) is 6. The van der Waals surface area contributed by atoms with Crippen molar-refractivity contribution in [3.63, 3.8) is 0 Å². The van der Waals surface area contributed by atoms with Crippen LogP contribution in [0, 0.1) is 0 Å². The smallest absolute Gasteiger partial charge is 0.321 e. The third kappa shape index (κ3) is 6.84. The minimum atomic E-state index is -4.54. The van der Waals surface area contributed by atoms with Gasteiger partial charge in [-0.25, -0.2) is 19.0 Å². The highest BCUT2D eigenvalue weighted by molar-refractivity contribution is 5.83. The molecule has 0 bridgehead atoms. The summed E-state index contributed by atoms with van der Waals surface area (Å²) in [6, 6.07) is 42.5. The minimum absolute atomic E-state index is 0.142. The minimum Gasteiger partial charge on any atom is -0.321 e. The van der Waals surface area contributed by atoms with Gasteiger partial charge in [-0.15, -0.1) is 0 Å². The maximum absolute atomic E-state index is 13.3. The molecule has 8 nitrogen and oxygen atoms in total. The molecule has 292 valence electrons. The van der Waals surface area contributed by atoms with Gasteiger partial charge in [0.2, 0.25) is 0 Å². The van der Waals surface area contributed by atoms with E-state index in [0.717, 1.165) is 95.1 Å². The molecule has 8 aromatic rings. The molecule has 0 aliphatic heterocycles. The van der Waals surface area contributed by atoms with Crippen molar-refractivity contribution in [3.05, 3.63) is 156 Å². The second-order valence-corrected chi connectivity index (χ2v) is 15.5. The number of benzene rings is 4. The third-order valence-corrected chi connectivity index (χ3v) is 11.7. The molecular formula is C47H43F3N8. The van der Waals surface area contributed by atoms with Crippen molar-refractivity contribution in [2.75, 3.05) is 0 Å². The first kappa shape index (κ1) is 37.4. The molecule has 0 radical (unpaired) electrons. The monoisotopic (exact) mass is 776 g/mol. The number of halogens is 3. The topological polar surface area (TPSA) is 112 Å². The molecule has 2 aliphatic rings. The Morgan fingerprint density at radius 2 is 0.966 bits per heavy atom. The van der Waals surface area contributed by atoms with Gasteiger partial charge in [0.25, 0.3) is 0 Å². The van der Waals surface area contributed by atoms with Crippen molar-refractivity contribution < 1.29 is 13.2 Å². The maximum atomic E-state index is 13.3. The first-order valence-electron chi connectivity index (χ1n) is 19.8. The van der Waals surface area contributed by atoms with Gasteiger partial charge >= 0.3 is 6.18 Å². The van der Waals surface area contributed by atoms with E-state index in [0.29, 0.717) is 17.0 Å². The SMILES string of the molecule is CCc1ccc2nc(-c3ccc(C4(N)CCC4)cc3)c(-c3ccccc3)n2n1.NC1(c2ccc(-c3nc4ccc(C(F)(F)F)nn4c3-c3ccccc3)cc2)CCC1. The fourth-order valence-corrected chi connectivity index (χ4v) is 7.97. The zero-order valence-electron chi connectivity index (χ0n) is 32.1. The van der Waals surface area contributed by atoms with Gasteiger partial charge in [0.1, 0.15) is 11.4 Å². The lowest BCUT2D eigenvalue weighted by Crippen LogP contribution is -2.43. The maximum Gasteiger partial charge on any atom is 0.435 e. The Hall–Kier alpha value is -6.17. The van der Waals surface area contributed by atoms with E-state index in [2.05, 4.69) is 77.7 Å². The first-order valence-corrected chi connectivity index (χ1v) is 19.8. The average molecular weight is 777 g/mol. The van der Waals surface area contributed by atoms with Crippen LogP contribution >= 0.6 is 0 Å². The van der Waals surface area contributed by atoms with Crippen LogP contribution in [0.15, 0.2) is 133 Å². The Morgan fingerprint density at radius 1 is 0.534 bits per heavy atom. The molecule has 0 atom stereocenters. The van der Waals surface area contributed by atoms with E-state index in [9.17, 15) is 13.2 Å². The number of hydrogen-bond donors (Lipinski definition) is 2. The molecule has 0 amide bonds. The molecule has 4 N–H and O–H groups in total. The summed E-state index contributed by atoms with van der Waals surface area (Å²) in [6.07, 6.45) is 2.75. The molecule has 2 saturated carbocycles. The summed E-state index contributed by atoms with van der Waals surface area (Å²) >= 11 is 0. The highest BCUT2D eigenvalue weighted by atomic mass is 19.4. The molecule has 4 aromatic carbocycles. The zero-order chi connectivity index (χ0) is 40.1. The van der Waals surface area contributed by atoms with Gasteiger partial charge in [-0.2, -0.15) is 23.4 Å². The molecule has 0 unspecified atom stereocenters. The summed E-state index contributed by atoms with van der Waals surface area (Å²) in [5.41, 5.74) is 23.0. The highest BCUT2D eigenvalue weighted by Crippen LogP contribution is 2.42. The van der Waals surface area contributed by atoms with Crippen molar-refractivity contribution in [1.82, 2.24) is 29.2 Å². The van der Waals surface area contributed by atoms with E-state index in [1.54, 1.807) is 0 Å². The van der Waals surface area contributed by atoms with Crippen molar-refractivity contribution in [3.8, 4) is 45.0 Å². The quantitative estimate of drug-likeness (QED) is 0.167. The van der Waals surface area contributed by atoms with Gasteiger partial charge in [-0.1, -0.05) is 116 Å². The standard InChI is InChI=1S/C24H24N4.C23H19F3N4/c1-2-20-13-14-21-26-22(23(28(21)27-20)18-7-4-3-5-8-18)17-9-11-19(12-10-17)24(25)15-6-16-24;24-23(25,26)18-11-12-19-28-20(21(30(19)29-18)16-5-2-1-3-6-16)15-7-9-17(10-8-15)22(27)13-4-14-22/h3-5,7-14H,2,6,15-16,25H2,1H3;1-3,5-12H,4,13-14,27H2. The van der Waals surface area contributed by atoms with Crippen LogP contribution in [0.25, 0.3) is 56.3 Å². The fourth-order valence-electron chi connectivity index (χ4n) is 7.97. The van der Waals surface area contributed by atoms with E-state index >= 15 is 0 Å². The molecule has 4 aromatic heterocycles. The Bertz CT molecular complexity index is 2710. The number of nitrogens with two attached hydrogens (primary N) is 2. The van der Waals surface area contributed by atoms with Gasteiger partial charge < -0.3 is 11.5 Å². The Labute approximate surface area is 334 Å². The number of rotatable bonds is 7. The van der Waals surface area contributed by atoms with Gasteiger partial charge in [0.15, 0.2) is 17.0 Å². The number of aromatic nitrogens is 6. The Morgan fingerprint density at radius 3 is 1.36 bits per heavy atom. The molecule has 58 heavy (non-hydrogen) atoms. The van der Waals surface area contributed by atoms with Crippen LogP contribution in [0.1, 0.15) is 68.0 Å². The molecule has 0 spiro atoms. The van der Waals surface area contributed by atoms with E-state index < -0.39 is 11.9 Å². The van der Waals surface area contributed by atoms with Crippen LogP contribution < -0.4 is 11.5 Å². The molecule has 0 saturated heterocycles. The highest BCUT2D eigenvalue weighted by Gasteiger charge is 2.36. The van der Waals surface area contributed by atoms with Gasteiger partial charge in [-0.3, -0.25) is 0 Å². The van der Waals surface area contributed by atoms with Crippen LogP contribution in [0.3, 0.4) is 0 Å².